The van der Waals surface area contributed by atoms with Gasteiger partial charge in [0, 0.05) is 23.7 Å². The number of terminal acetylenes is 1. The topological polar surface area (TPSA) is 55.1 Å². The number of carbonyl (C=O) groups is 1. The van der Waals surface area contributed by atoms with Crippen LogP contribution in [0.2, 0.25) is 0 Å². The third-order valence-electron chi connectivity index (χ3n) is 2.28. The van der Waals surface area contributed by atoms with E-state index in [2.05, 4.69) is 11.2 Å². The number of hydrogen-bond donors (Lipinski definition) is 2. The van der Waals surface area contributed by atoms with Crippen molar-refractivity contribution >= 4 is 11.6 Å². The third kappa shape index (κ3) is 3.76. The summed E-state index contributed by atoms with van der Waals surface area (Å²) in [6.07, 6.45) is 6.39. The van der Waals surface area contributed by atoms with E-state index in [0.717, 1.165) is 12.0 Å². The van der Waals surface area contributed by atoms with E-state index in [1.165, 1.54) is 0 Å². The second-order valence-corrected chi connectivity index (χ2v) is 3.65. The first-order valence-electron chi connectivity index (χ1n) is 5.27. The summed E-state index contributed by atoms with van der Waals surface area (Å²) in [6.45, 7) is 1.96. The van der Waals surface area contributed by atoms with Crippen molar-refractivity contribution in [2.45, 2.75) is 25.8 Å². The summed E-state index contributed by atoms with van der Waals surface area (Å²) in [6, 6.07) is 7.10. The average molecular weight is 216 g/mol. The molecule has 0 spiro atoms. The molecule has 0 saturated heterocycles. The number of nitrogens with one attached hydrogen (secondary N) is 1. The molecule has 3 N–H and O–H groups in total. The number of rotatable bonds is 4. The van der Waals surface area contributed by atoms with Crippen LogP contribution in [0.4, 0.5) is 5.69 Å². The highest BCUT2D eigenvalue weighted by Crippen LogP contribution is 2.10. The van der Waals surface area contributed by atoms with Gasteiger partial charge in [0.15, 0.2) is 0 Å². The fraction of sp³-hybridized carbons (Fsp3) is 0.308. The second-order valence-electron chi connectivity index (χ2n) is 3.65. The van der Waals surface area contributed by atoms with Crippen molar-refractivity contribution in [2.75, 3.05) is 5.32 Å². The van der Waals surface area contributed by atoms with E-state index in [4.69, 9.17) is 12.2 Å². The van der Waals surface area contributed by atoms with Crippen molar-refractivity contribution in [1.29, 1.82) is 0 Å². The first-order valence-corrected chi connectivity index (χ1v) is 5.27. The van der Waals surface area contributed by atoms with Crippen LogP contribution in [-0.4, -0.2) is 11.9 Å². The molecule has 3 heteroatoms. The smallest absolute Gasteiger partial charge is 0.225 e. The highest BCUT2D eigenvalue weighted by atomic mass is 16.1. The summed E-state index contributed by atoms with van der Waals surface area (Å²) < 4.78 is 0. The maximum Gasteiger partial charge on any atom is 0.225 e. The lowest BCUT2D eigenvalue weighted by Crippen LogP contribution is -2.26. The van der Waals surface area contributed by atoms with E-state index in [1.54, 1.807) is 12.1 Å². The van der Waals surface area contributed by atoms with Gasteiger partial charge in [0.05, 0.1) is 0 Å². The molecule has 84 valence electrons. The Bertz CT molecular complexity index is 407. The van der Waals surface area contributed by atoms with E-state index >= 15 is 0 Å². The Morgan fingerprint density at radius 2 is 2.38 bits per heavy atom. The first kappa shape index (κ1) is 12.3. The minimum absolute atomic E-state index is 0.0801. The lowest BCUT2D eigenvalue weighted by Gasteiger charge is -2.09. The van der Waals surface area contributed by atoms with Crippen LogP contribution in [-0.2, 0) is 4.79 Å². The van der Waals surface area contributed by atoms with Gasteiger partial charge in [-0.05, 0) is 24.6 Å². The van der Waals surface area contributed by atoms with Crippen LogP contribution in [0.25, 0.3) is 0 Å². The Labute approximate surface area is 96.0 Å². The molecule has 0 heterocycles. The van der Waals surface area contributed by atoms with Gasteiger partial charge in [0.2, 0.25) is 5.91 Å². The summed E-state index contributed by atoms with van der Waals surface area (Å²) in [5.41, 5.74) is 7.15. The molecule has 0 aromatic heterocycles. The van der Waals surface area contributed by atoms with Crippen molar-refractivity contribution in [3.05, 3.63) is 29.8 Å². The van der Waals surface area contributed by atoms with E-state index < -0.39 is 0 Å². The van der Waals surface area contributed by atoms with Crippen LogP contribution < -0.4 is 11.1 Å². The molecule has 1 aromatic carbocycles. The van der Waals surface area contributed by atoms with Crippen LogP contribution >= 0.6 is 0 Å². The molecule has 0 aliphatic carbocycles. The maximum atomic E-state index is 11.5. The Morgan fingerprint density at radius 3 is 3.00 bits per heavy atom. The number of benzene rings is 1. The third-order valence-corrected chi connectivity index (χ3v) is 2.28. The summed E-state index contributed by atoms with van der Waals surface area (Å²) >= 11 is 0. The largest absolute Gasteiger partial charge is 0.327 e. The quantitative estimate of drug-likeness (QED) is 0.753. The zero-order chi connectivity index (χ0) is 12.0. The molecule has 0 aliphatic heterocycles. The Balaban J connectivity index is 2.60. The fourth-order valence-electron chi connectivity index (χ4n) is 1.28. The molecule has 0 bridgehead atoms. The van der Waals surface area contributed by atoms with E-state index in [-0.39, 0.29) is 11.9 Å². The zero-order valence-corrected chi connectivity index (χ0v) is 9.36. The fourth-order valence-corrected chi connectivity index (χ4v) is 1.28. The van der Waals surface area contributed by atoms with E-state index in [1.807, 2.05) is 19.1 Å². The van der Waals surface area contributed by atoms with Gasteiger partial charge in [0.1, 0.15) is 0 Å². The number of nitrogens with two attached hydrogens (primary N) is 1. The molecular formula is C13H16N2O. The normalized spacial score (nSPS) is 11.6. The molecule has 0 aliphatic rings. The lowest BCUT2D eigenvalue weighted by molar-refractivity contribution is -0.116. The van der Waals surface area contributed by atoms with Gasteiger partial charge in [0.25, 0.3) is 0 Å². The Kier molecular flexibility index (Phi) is 4.56. The Hall–Kier alpha value is -1.79. The molecule has 16 heavy (non-hydrogen) atoms. The second kappa shape index (κ2) is 5.94. The molecule has 1 atom stereocenters. The van der Waals surface area contributed by atoms with Gasteiger partial charge in [-0.2, -0.15) is 0 Å². The minimum atomic E-state index is -0.0872. The number of anilines is 1. The summed E-state index contributed by atoms with van der Waals surface area (Å²) in [5, 5.41) is 2.77. The highest BCUT2D eigenvalue weighted by Gasteiger charge is 2.07. The SMILES string of the molecule is C#Cc1cccc(NC(=O)CC(N)CC)c1. The molecule has 0 saturated carbocycles. The minimum Gasteiger partial charge on any atom is -0.327 e. The van der Waals surface area contributed by atoms with Gasteiger partial charge in [-0.25, -0.2) is 0 Å². The van der Waals surface area contributed by atoms with Crippen LogP contribution in [0, 0.1) is 12.3 Å². The van der Waals surface area contributed by atoms with Crippen LogP contribution in [0.1, 0.15) is 25.3 Å². The van der Waals surface area contributed by atoms with Crippen molar-refractivity contribution in [3.8, 4) is 12.3 Å². The molecular weight excluding hydrogens is 200 g/mol. The number of hydrogen-bond acceptors (Lipinski definition) is 2. The van der Waals surface area contributed by atoms with Gasteiger partial charge in [-0.3, -0.25) is 4.79 Å². The average Bonchev–Trinajstić information content (AvgIpc) is 2.28. The summed E-state index contributed by atoms with van der Waals surface area (Å²) in [4.78, 5) is 11.5. The molecule has 0 radical (unpaired) electrons. The molecule has 1 aromatic rings. The molecule has 0 fully saturated rings. The van der Waals surface area contributed by atoms with Crippen LogP contribution in [0.3, 0.4) is 0 Å². The summed E-state index contributed by atoms with van der Waals surface area (Å²) in [5.74, 6) is 2.44. The van der Waals surface area contributed by atoms with Crippen molar-refractivity contribution in [3.63, 3.8) is 0 Å². The molecule has 3 nitrogen and oxygen atoms in total. The maximum absolute atomic E-state index is 11.5. The molecule has 1 unspecified atom stereocenters. The first-order chi connectivity index (χ1) is 7.65. The van der Waals surface area contributed by atoms with Crippen molar-refractivity contribution < 1.29 is 4.79 Å². The lowest BCUT2D eigenvalue weighted by atomic mass is 10.1. The number of carbonyl (C=O) groups excluding carboxylic acids is 1. The highest BCUT2D eigenvalue weighted by molar-refractivity contribution is 5.91. The van der Waals surface area contributed by atoms with Crippen molar-refractivity contribution in [1.82, 2.24) is 0 Å². The van der Waals surface area contributed by atoms with Crippen LogP contribution in [0.15, 0.2) is 24.3 Å². The number of amides is 1. The summed E-state index contributed by atoms with van der Waals surface area (Å²) in [7, 11) is 0. The van der Waals surface area contributed by atoms with Gasteiger partial charge in [-0.1, -0.05) is 18.9 Å². The molecule has 1 rings (SSSR count). The monoisotopic (exact) mass is 216 g/mol. The Morgan fingerprint density at radius 1 is 1.62 bits per heavy atom. The van der Waals surface area contributed by atoms with E-state index in [9.17, 15) is 4.79 Å². The predicted molar refractivity (Wildman–Crippen MR) is 65.9 cm³/mol. The van der Waals surface area contributed by atoms with E-state index in [0.29, 0.717) is 12.1 Å². The van der Waals surface area contributed by atoms with Gasteiger partial charge in [-0.15, -0.1) is 6.42 Å². The predicted octanol–water partition coefficient (Wildman–Crippen LogP) is 1.73. The van der Waals surface area contributed by atoms with Crippen molar-refractivity contribution in [2.24, 2.45) is 5.73 Å². The standard InChI is InChI=1S/C13H16N2O/c1-3-10-6-5-7-12(8-10)15-13(16)9-11(14)4-2/h1,5-8,11H,4,9,14H2,2H3,(H,15,16). The molecule has 1 amide bonds. The van der Waals surface area contributed by atoms with Crippen LogP contribution in [0.5, 0.6) is 0 Å². The van der Waals surface area contributed by atoms with Gasteiger partial charge < -0.3 is 11.1 Å². The zero-order valence-electron chi connectivity index (χ0n) is 9.36. The van der Waals surface area contributed by atoms with Gasteiger partial charge >= 0.3 is 0 Å².